The van der Waals surface area contributed by atoms with Crippen LogP contribution in [0.3, 0.4) is 0 Å². The number of thioether (sulfide) groups is 1. The number of para-hydroxylation sites is 3. The maximum Gasteiger partial charge on any atom is 0.573 e. The molecule has 0 aliphatic heterocycles. The highest BCUT2D eigenvalue weighted by Crippen LogP contribution is 2.29. The van der Waals surface area contributed by atoms with Gasteiger partial charge in [-0.05, 0) is 48.5 Å². The van der Waals surface area contributed by atoms with E-state index in [-0.39, 0.29) is 17.4 Å². The van der Waals surface area contributed by atoms with Crippen molar-refractivity contribution in [1.29, 1.82) is 0 Å². The summed E-state index contributed by atoms with van der Waals surface area (Å²) in [6, 6.07) is 20.3. The lowest BCUT2D eigenvalue weighted by atomic mass is 10.2. The number of benzene rings is 3. The molecule has 3 aromatic carbocycles. The number of imidazole rings is 1. The molecule has 0 saturated heterocycles. The first kappa shape index (κ1) is 21.1. The number of carbonyl (C=O) groups is 1. The lowest BCUT2D eigenvalue weighted by Gasteiger charge is -2.10. The summed E-state index contributed by atoms with van der Waals surface area (Å²) in [4.78, 5) is 22.0. The summed E-state index contributed by atoms with van der Waals surface area (Å²) >= 11 is 1.25. The monoisotopic (exact) mass is 468 g/mol. The zero-order valence-corrected chi connectivity index (χ0v) is 17.7. The van der Waals surface area contributed by atoms with E-state index in [1.807, 2.05) is 52.9 Å². The highest BCUT2D eigenvalue weighted by molar-refractivity contribution is 7.99. The van der Waals surface area contributed by atoms with Gasteiger partial charge in [-0.1, -0.05) is 36.0 Å². The number of amides is 1. The van der Waals surface area contributed by atoms with E-state index in [0.29, 0.717) is 10.8 Å². The van der Waals surface area contributed by atoms with Gasteiger partial charge in [0.2, 0.25) is 5.91 Å². The number of rotatable bonds is 5. The van der Waals surface area contributed by atoms with Crippen molar-refractivity contribution in [2.45, 2.75) is 11.5 Å². The van der Waals surface area contributed by atoms with Gasteiger partial charge >= 0.3 is 6.36 Å². The average molecular weight is 468 g/mol. The van der Waals surface area contributed by atoms with Gasteiger partial charge in [0, 0.05) is 11.1 Å². The predicted molar refractivity (Wildman–Crippen MR) is 120 cm³/mol. The zero-order chi connectivity index (χ0) is 23.0. The summed E-state index contributed by atoms with van der Waals surface area (Å²) in [6.45, 7) is 0. The third-order valence-corrected chi connectivity index (χ3v) is 5.76. The van der Waals surface area contributed by atoms with E-state index < -0.39 is 6.36 Å². The van der Waals surface area contributed by atoms with Gasteiger partial charge in [0.1, 0.15) is 11.4 Å². The van der Waals surface area contributed by atoms with Crippen molar-refractivity contribution in [3.63, 3.8) is 0 Å². The number of halogens is 3. The summed E-state index contributed by atoms with van der Waals surface area (Å²) in [5, 5.41) is 4.19. The van der Waals surface area contributed by atoms with Crippen LogP contribution in [0.4, 0.5) is 18.9 Å². The highest BCUT2D eigenvalue weighted by Gasteiger charge is 2.31. The summed E-state index contributed by atoms with van der Waals surface area (Å²) in [6.07, 6.45) is -4.77. The molecule has 0 aliphatic carbocycles. The maximum absolute atomic E-state index is 12.5. The molecule has 6 nitrogen and oxygen atoms in total. The molecule has 0 aliphatic rings. The molecule has 5 rings (SSSR count). The molecule has 0 unspecified atom stereocenters. The van der Waals surface area contributed by atoms with Gasteiger partial charge in [-0.25, -0.2) is 9.97 Å². The molecule has 0 atom stereocenters. The van der Waals surface area contributed by atoms with E-state index in [4.69, 9.17) is 9.97 Å². The number of fused-ring (bicyclic) bond motifs is 5. The fraction of sp³-hybridized carbons (Fsp3) is 0.0870. The van der Waals surface area contributed by atoms with Crippen LogP contribution in [0.1, 0.15) is 0 Å². The van der Waals surface area contributed by atoms with Crippen LogP contribution in [0.5, 0.6) is 5.75 Å². The number of anilines is 1. The van der Waals surface area contributed by atoms with Crippen molar-refractivity contribution in [2.75, 3.05) is 11.1 Å². The molecule has 33 heavy (non-hydrogen) atoms. The predicted octanol–water partition coefficient (Wildman–Crippen LogP) is 5.67. The topological polar surface area (TPSA) is 68.5 Å². The first-order chi connectivity index (χ1) is 15.9. The summed E-state index contributed by atoms with van der Waals surface area (Å²) in [7, 11) is 0. The van der Waals surface area contributed by atoms with E-state index in [1.54, 1.807) is 0 Å². The van der Waals surface area contributed by atoms with Crippen molar-refractivity contribution >= 4 is 50.9 Å². The molecular formula is C23H15F3N4O2S. The second-order valence-corrected chi connectivity index (χ2v) is 8.02. The number of nitrogens with one attached hydrogen (secondary N) is 1. The second-order valence-electron chi connectivity index (χ2n) is 7.08. The molecule has 0 spiro atoms. The largest absolute Gasteiger partial charge is 0.573 e. The summed E-state index contributed by atoms with van der Waals surface area (Å²) < 4.78 is 42.6. The SMILES string of the molecule is O=C(CSc1nc2ccccc2c2nc3ccccc3n12)Nc1ccc(OC(F)(F)F)cc1. The molecule has 0 bridgehead atoms. The Morgan fingerprint density at radius 2 is 1.64 bits per heavy atom. The van der Waals surface area contributed by atoms with Crippen LogP contribution in [0.2, 0.25) is 0 Å². The van der Waals surface area contributed by atoms with Gasteiger partial charge in [0.05, 0.1) is 22.3 Å². The minimum Gasteiger partial charge on any atom is -0.406 e. The number of nitrogens with zero attached hydrogens (tertiary/aromatic N) is 3. The van der Waals surface area contributed by atoms with Gasteiger partial charge < -0.3 is 10.1 Å². The molecule has 5 aromatic rings. The van der Waals surface area contributed by atoms with Gasteiger partial charge in [0.15, 0.2) is 5.16 Å². The Labute approximate surface area is 189 Å². The van der Waals surface area contributed by atoms with Crippen LogP contribution in [-0.2, 0) is 4.79 Å². The van der Waals surface area contributed by atoms with Crippen molar-refractivity contribution < 1.29 is 22.7 Å². The smallest absolute Gasteiger partial charge is 0.406 e. The molecule has 1 N–H and O–H groups in total. The van der Waals surface area contributed by atoms with E-state index in [0.717, 1.165) is 39.7 Å². The van der Waals surface area contributed by atoms with E-state index in [1.165, 1.54) is 23.9 Å². The second kappa shape index (κ2) is 8.28. The van der Waals surface area contributed by atoms with E-state index in [9.17, 15) is 18.0 Å². The number of ether oxygens (including phenoxy) is 1. The fourth-order valence-electron chi connectivity index (χ4n) is 3.48. The zero-order valence-electron chi connectivity index (χ0n) is 16.8. The minimum atomic E-state index is -4.77. The summed E-state index contributed by atoms with van der Waals surface area (Å²) in [5.74, 6) is -0.630. The lowest BCUT2D eigenvalue weighted by Crippen LogP contribution is -2.17. The van der Waals surface area contributed by atoms with Crippen LogP contribution in [-0.4, -0.2) is 32.4 Å². The van der Waals surface area contributed by atoms with E-state index >= 15 is 0 Å². The average Bonchev–Trinajstić information content (AvgIpc) is 3.18. The van der Waals surface area contributed by atoms with Crippen molar-refractivity contribution in [1.82, 2.24) is 14.4 Å². The number of carbonyl (C=O) groups excluding carboxylic acids is 1. The third kappa shape index (κ3) is 4.42. The van der Waals surface area contributed by atoms with E-state index in [2.05, 4.69) is 10.1 Å². The Balaban J connectivity index is 1.38. The van der Waals surface area contributed by atoms with Crippen molar-refractivity contribution in [3.05, 3.63) is 72.8 Å². The molecule has 0 radical (unpaired) electrons. The molecule has 1 amide bonds. The molecular weight excluding hydrogens is 453 g/mol. The highest BCUT2D eigenvalue weighted by atomic mass is 32.2. The number of hydrogen-bond acceptors (Lipinski definition) is 5. The Hall–Kier alpha value is -3.79. The first-order valence-corrected chi connectivity index (χ1v) is 10.8. The van der Waals surface area contributed by atoms with Crippen molar-refractivity contribution in [3.8, 4) is 5.75 Å². The Bertz CT molecular complexity index is 1480. The van der Waals surface area contributed by atoms with Crippen LogP contribution in [0, 0.1) is 0 Å². The molecule has 2 heterocycles. The fourth-order valence-corrected chi connectivity index (χ4v) is 4.29. The minimum absolute atomic E-state index is 0.0494. The van der Waals surface area contributed by atoms with Gasteiger partial charge in [-0.2, -0.15) is 0 Å². The third-order valence-electron chi connectivity index (χ3n) is 4.82. The lowest BCUT2D eigenvalue weighted by molar-refractivity contribution is -0.274. The molecule has 2 aromatic heterocycles. The molecule has 0 saturated carbocycles. The van der Waals surface area contributed by atoms with Gasteiger partial charge in [-0.3, -0.25) is 9.20 Å². The van der Waals surface area contributed by atoms with Crippen LogP contribution >= 0.6 is 11.8 Å². The van der Waals surface area contributed by atoms with Crippen LogP contribution < -0.4 is 10.1 Å². The van der Waals surface area contributed by atoms with Gasteiger partial charge in [-0.15, -0.1) is 13.2 Å². The van der Waals surface area contributed by atoms with Crippen LogP contribution in [0.15, 0.2) is 78.0 Å². The van der Waals surface area contributed by atoms with Crippen molar-refractivity contribution in [2.24, 2.45) is 0 Å². The Morgan fingerprint density at radius 1 is 0.939 bits per heavy atom. The molecule has 10 heteroatoms. The normalized spacial score (nSPS) is 11.8. The standard InChI is InChI=1S/C23H15F3N4O2S/c24-23(25,26)32-15-11-9-14(10-12-15)27-20(31)13-33-22-29-17-6-2-1-5-16(17)21-28-18-7-3-4-8-19(18)30(21)22/h1-12H,13H2,(H,27,31). The summed E-state index contributed by atoms with van der Waals surface area (Å²) in [5.41, 5.74) is 3.59. The maximum atomic E-state index is 12.5. The first-order valence-electron chi connectivity index (χ1n) is 9.82. The number of alkyl halides is 3. The molecule has 166 valence electrons. The quantitative estimate of drug-likeness (QED) is 0.266. The number of hydrogen-bond donors (Lipinski definition) is 1. The van der Waals surface area contributed by atoms with Gasteiger partial charge in [0.25, 0.3) is 0 Å². The Kier molecular flexibility index (Phi) is 5.29. The molecule has 0 fully saturated rings. The van der Waals surface area contributed by atoms with Crippen LogP contribution in [0.25, 0.3) is 27.6 Å². The number of aromatic nitrogens is 3. The Morgan fingerprint density at radius 3 is 2.39 bits per heavy atom.